The van der Waals surface area contributed by atoms with E-state index in [2.05, 4.69) is 4.98 Å². The van der Waals surface area contributed by atoms with E-state index in [0.29, 0.717) is 5.82 Å². The van der Waals surface area contributed by atoms with Crippen LogP contribution in [0.3, 0.4) is 0 Å². The standard InChI is InChI=1S/C9H14N4OS/c1-6(9(14)12(2)3)13-5-4-11-8(13)7(10)15/h4-6H,1-3H3,(H2,10,15). The Hall–Kier alpha value is -1.43. The molecule has 0 aliphatic heterocycles. The molecule has 0 aromatic carbocycles. The highest BCUT2D eigenvalue weighted by Crippen LogP contribution is 2.11. The van der Waals surface area contributed by atoms with Crippen molar-refractivity contribution in [1.82, 2.24) is 14.5 Å². The summed E-state index contributed by atoms with van der Waals surface area (Å²) < 4.78 is 1.67. The molecule has 15 heavy (non-hydrogen) atoms. The fourth-order valence-corrected chi connectivity index (χ4v) is 1.47. The summed E-state index contributed by atoms with van der Waals surface area (Å²) in [5.74, 6) is 0.443. The maximum absolute atomic E-state index is 11.7. The zero-order valence-corrected chi connectivity index (χ0v) is 9.78. The molecule has 0 aliphatic carbocycles. The van der Waals surface area contributed by atoms with Gasteiger partial charge in [0.25, 0.3) is 0 Å². The molecule has 1 amide bonds. The number of rotatable bonds is 3. The molecule has 82 valence electrons. The first-order valence-corrected chi connectivity index (χ1v) is 4.89. The molecule has 1 heterocycles. The maximum Gasteiger partial charge on any atom is 0.244 e. The predicted molar refractivity (Wildman–Crippen MR) is 61.5 cm³/mol. The minimum Gasteiger partial charge on any atom is -0.387 e. The zero-order chi connectivity index (χ0) is 11.6. The smallest absolute Gasteiger partial charge is 0.244 e. The molecule has 1 aromatic heterocycles. The molecule has 0 saturated carbocycles. The number of amides is 1. The quantitative estimate of drug-likeness (QED) is 0.746. The first-order chi connectivity index (χ1) is 6.95. The van der Waals surface area contributed by atoms with Gasteiger partial charge in [-0.2, -0.15) is 0 Å². The fourth-order valence-electron chi connectivity index (χ4n) is 1.31. The summed E-state index contributed by atoms with van der Waals surface area (Å²) in [5.41, 5.74) is 5.50. The Bertz CT molecular complexity index is 385. The molecule has 0 bridgehead atoms. The third kappa shape index (κ3) is 2.33. The first-order valence-electron chi connectivity index (χ1n) is 4.49. The van der Waals surface area contributed by atoms with Gasteiger partial charge in [0, 0.05) is 26.5 Å². The number of imidazole rings is 1. The lowest BCUT2D eigenvalue weighted by Gasteiger charge is -2.19. The van der Waals surface area contributed by atoms with E-state index in [9.17, 15) is 4.79 Å². The Balaban J connectivity index is 3.01. The van der Waals surface area contributed by atoms with E-state index < -0.39 is 0 Å². The van der Waals surface area contributed by atoms with Crippen LogP contribution in [0.4, 0.5) is 0 Å². The van der Waals surface area contributed by atoms with Gasteiger partial charge in [0.05, 0.1) is 0 Å². The number of hydrogen-bond acceptors (Lipinski definition) is 3. The number of aromatic nitrogens is 2. The molecule has 6 heteroatoms. The molecule has 1 atom stereocenters. The summed E-state index contributed by atoms with van der Waals surface area (Å²) >= 11 is 4.84. The van der Waals surface area contributed by atoms with Crippen LogP contribution in [0.15, 0.2) is 12.4 Å². The number of thiocarbonyl (C=S) groups is 1. The topological polar surface area (TPSA) is 64.2 Å². The lowest BCUT2D eigenvalue weighted by Crippen LogP contribution is -2.31. The van der Waals surface area contributed by atoms with E-state index in [0.717, 1.165) is 0 Å². The summed E-state index contributed by atoms with van der Waals surface area (Å²) in [7, 11) is 3.41. The van der Waals surface area contributed by atoms with E-state index in [1.165, 1.54) is 4.90 Å². The molecular formula is C9H14N4OS. The lowest BCUT2D eigenvalue weighted by molar-refractivity contribution is -0.131. The number of nitrogens with zero attached hydrogens (tertiary/aromatic N) is 3. The number of hydrogen-bond donors (Lipinski definition) is 1. The van der Waals surface area contributed by atoms with Crippen LogP contribution in [-0.2, 0) is 4.79 Å². The van der Waals surface area contributed by atoms with Crippen molar-refractivity contribution in [2.75, 3.05) is 14.1 Å². The molecule has 0 aliphatic rings. The van der Waals surface area contributed by atoms with Gasteiger partial charge in [0.1, 0.15) is 11.0 Å². The van der Waals surface area contributed by atoms with Crippen LogP contribution in [-0.4, -0.2) is 39.4 Å². The lowest BCUT2D eigenvalue weighted by atomic mass is 10.3. The highest BCUT2D eigenvalue weighted by Gasteiger charge is 2.19. The zero-order valence-electron chi connectivity index (χ0n) is 8.97. The van der Waals surface area contributed by atoms with E-state index in [1.807, 2.05) is 0 Å². The van der Waals surface area contributed by atoms with E-state index in [-0.39, 0.29) is 16.9 Å². The third-order valence-corrected chi connectivity index (χ3v) is 2.29. The molecule has 1 unspecified atom stereocenters. The second-order valence-corrected chi connectivity index (χ2v) is 3.87. The molecular weight excluding hydrogens is 212 g/mol. The van der Waals surface area contributed by atoms with Crippen molar-refractivity contribution in [1.29, 1.82) is 0 Å². The molecule has 5 nitrogen and oxygen atoms in total. The van der Waals surface area contributed by atoms with Gasteiger partial charge in [0.2, 0.25) is 5.91 Å². The van der Waals surface area contributed by atoms with E-state index in [4.69, 9.17) is 18.0 Å². The molecule has 0 spiro atoms. The third-order valence-electron chi connectivity index (χ3n) is 2.10. The maximum atomic E-state index is 11.7. The summed E-state index contributed by atoms with van der Waals surface area (Å²) in [6, 6.07) is -0.348. The summed E-state index contributed by atoms with van der Waals surface area (Å²) in [5, 5.41) is 0. The Kier molecular flexibility index (Phi) is 3.41. The Morgan fingerprint density at radius 1 is 1.67 bits per heavy atom. The SMILES string of the molecule is CC(C(=O)N(C)C)n1ccnc1C(N)=S. The van der Waals surface area contributed by atoms with Crippen LogP contribution in [0, 0.1) is 0 Å². The van der Waals surface area contributed by atoms with Gasteiger partial charge < -0.3 is 15.2 Å². The van der Waals surface area contributed by atoms with Crippen molar-refractivity contribution in [2.45, 2.75) is 13.0 Å². The van der Waals surface area contributed by atoms with Crippen molar-refractivity contribution in [3.63, 3.8) is 0 Å². The highest BCUT2D eigenvalue weighted by atomic mass is 32.1. The number of carbonyl (C=O) groups excluding carboxylic acids is 1. The van der Waals surface area contributed by atoms with Gasteiger partial charge in [-0.05, 0) is 6.92 Å². The van der Waals surface area contributed by atoms with Crippen molar-refractivity contribution in [2.24, 2.45) is 5.73 Å². The second-order valence-electron chi connectivity index (χ2n) is 3.43. The van der Waals surface area contributed by atoms with Gasteiger partial charge in [-0.15, -0.1) is 0 Å². The molecule has 0 fully saturated rings. The summed E-state index contributed by atoms with van der Waals surface area (Å²) in [6.07, 6.45) is 3.27. The monoisotopic (exact) mass is 226 g/mol. The molecule has 0 saturated heterocycles. The van der Waals surface area contributed by atoms with Crippen LogP contribution >= 0.6 is 12.2 Å². The molecule has 2 N–H and O–H groups in total. The van der Waals surface area contributed by atoms with Gasteiger partial charge in [0.15, 0.2) is 5.82 Å². The second kappa shape index (κ2) is 4.39. The van der Waals surface area contributed by atoms with Crippen molar-refractivity contribution in [3.05, 3.63) is 18.2 Å². The van der Waals surface area contributed by atoms with Crippen molar-refractivity contribution >= 4 is 23.1 Å². The van der Waals surface area contributed by atoms with Crippen LogP contribution in [0.2, 0.25) is 0 Å². The largest absolute Gasteiger partial charge is 0.387 e. The van der Waals surface area contributed by atoms with Gasteiger partial charge in [-0.1, -0.05) is 12.2 Å². The highest BCUT2D eigenvalue weighted by molar-refractivity contribution is 7.80. The number of nitrogens with two attached hydrogens (primary N) is 1. The van der Waals surface area contributed by atoms with Crippen LogP contribution in [0.1, 0.15) is 18.8 Å². The van der Waals surface area contributed by atoms with Crippen LogP contribution in [0.25, 0.3) is 0 Å². The summed E-state index contributed by atoms with van der Waals surface area (Å²) in [4.78, 5) is 17.4. The average molecular weight is 226 g/mol. The molecule has 0 radical (unpaired) electrons. The minimum atomic E-state index is -0.348. The Morgan fingerprint density at radius 3 is 2.73 bits per heavy atom. The van der Waals surface area contributed by atoms with Crippen LogP contribution in [0.5, 0.6) is 0 Å². The number of carbonyl (C=O) groups is 1. The predicted octanol–water partition coefficient (Wildman–Crippen LogP) is 0.167. The Morgan fingerprint density at radius 2 is 2.27 bits per heavy atom. The van der Waals surface area contributed by atoms with Crippen molar-refractivity contribution < 1.29 is 4.79 Å². The van der Waals surface area contributed by atoms with E-state index in [1.54, 1.807) is 38.0 Å². The average Bonchev–Trinajstić information content (AvgIpc) is 2.63. The molecule has 1 aromatic rings. The minimum absolute atomic E-state index is 0.0227. The molecule has 1 rings (SSSR count). The Labute approximate surface area is 93.9 Å². The summed E-state index contributed by atoms with van der Waals surface area (Å²) in [6.45, 7) is 1.78. The first kappa shape index (κ1) is 11.6. The van der Waals surface area contributed by atoms with Gasteiger partial charge >= 0.3 is 0 Å². The number of likely N-dealkylation sites (N-methyl/N-ethyl adjacent to an activating group) is 1. The van der Waals surface area contributed by atoms with Gasteiger partial charge in [-0.3, -0.25) is 4.79 Å². The van der Waals surface area contributed by atoms with E-state index >= 15 is 0 Å². The fraction of sp³-hybridized carbons (Fsp3) is 0.444. The van der Waals surface area contributed by atoms with Crippen molar-refractivity contribution in [3.8, 4) is 0 Å². The van der Waals surface area contributed by atoms with Gasteiger partial charge in [-0.25, -0.2) is 4.98 Å². The van der Waals surface area contributed by atoms with Crippen LogP contribution < -0.4 is 5.73 Å². The normalized spacial score (nSPS) is 12.2.